The zero-order chi connectivity index (χ0) is 23.3. The number of carboxylic acid groups (broad SMARTS) is 1. The first-order chi connectivity index (χ1) is 14.9. The maximum atomic E-state index is 11.9. The van der Waals surface area contributed by atoms with Crippen molar-refractivity contribution in [3.8, 4) is 0 Å². The van der Waals surface area contributed by atoms with Crippen LogP contribution in [0, 0.1) is 0 Å². The summed E-state index contributed by atoms with van der Waals surface area (Å²) >= 11 is 0. The van der Waals surface area contributed by atoms with Crippen LogP contribution < -0.4 is 5.32 Å². The molecule has 0 saturated heterocycles. The van der Waals surface area contributed by atoms with Gasteiger partial charge in [0.15, 0.2) is 0 Å². The van der Waals surface area contributed by atoms with E-state index in [1.807, 2.05) is 0 Å². The largest absolute Gasteiger partial charge is 0.480 e. The highest BCUT2D eigenvalue weighted by molar-refractivity contribution is 5.75. The lowest BCUT2D eigenvalue weighted by Crippen LogP contribution is -2.47. The Bertz CT molecular complexity index is 443. The molecule has 6 nitrogen and oxygen atoms in total. The minimum absolute atomic E-state index is 0.00298. The molecule has 0 saturated carbocycles. The van der Waals surface area contributed by atoms with Crippen molar-refractivity contribution >= 4 is 11.9 Å². The molecule has 2 atom stereocenters. The summed E-state index contributed by atoms with van der Waals surface area (Å²) in [4.78, 5) is 24.4. The monoisotopic (exact) mass is 442 g/mol. The lowest BCUT2D eigenvalue weighted by Gasteiger charge is -2.28. The van der Waals surface area contributed by atoms with E-state index >= 15 is 0 Å². The summed E-state index contributed by atoms with van der Waals surface area (Å²) in [5.41, 5.74) is 0. The van der Waals surface area contributed by atoms with Crippen LogP contribution in [0.5, 0.6) is 0 Å². The second-order valence-corrected chi connectivity index (χ2v) is 8.93. The topological polar surface area (TPSA) is 89.9 Å². The number of nitrogens with one attached hydrogen (secondary N) is 1. The maximum absolute atomic E-state index is 11.9. The normalized spacial score (nSPS) is 13.3. The van der Waals surface area contributed by atoms with Gasteiger partial charge in [0, 0.05) is 19.5 Å². The van der Waals surface area contributed by atoms with E-state index in [0.717, 1.165) is 12.8 Å². The van der Waals surface area contributed by atoms with Gasteiger partial charge in [-0.3, -0.25) is 14.5 Å². The third-order valence-electron chi connectivity index (χ3n) is 6.03. The molecule has 3 N–H and O–H groups in total. The van der Waals surface area contributed by atoms with E-state index in [9.17, 15) is 14.7 Å². The number of carbonyl (C=O) groups is 2. The van der Waals surface area contributed by atoms with Crippen LogP contribution in [-0.2, 0) is 9.59 Å². The molecule has 0 heterocycles. The van der Waals surface area contributed by atoms with Crippen molar-refractivity contribution in [3.63, 3.8) is 0 Å². The van der Waals surface area contributed by atoms with Crippen molar-refractivity contribution < 1.29 is 19.8 Å². The molecule has 0 aliphatic carbocycles. The fourth-order valence-electron chi connectivity index (χ4n) is 3.92. The van der Waals surface area contributed by atoms with E-state index in [2.05, 4.69) is 12.2 Å². The van der Waals surface area contributed by atoms with Crippen LogP contribution in [0.15, 0.2) is 0 Å². The first kappa shape index (κ1) is 29.9. The van der Waals surface area contributed by atoms with Gasteiger partial charge in [0.1, 0.15) is 12.3 Å². The Morgan fingerprint density at radius 3 is 1.58 bits per heavy atom. The van der Waals surface area contributed by atoms with Crippen molar-refractivity contribution in [1.29, 1.82) is 0 Å². The van der Waals surface area contributed by atoms with E-state index in [1.54, 1.807) is 0 Å². The number of aliphatic hydroxyl groups is 1. The number of carboxylic acids is 1. The molecule has 1 amide bonds. The Kier molecular flexibility index (Phi) is 20.0. The highest BCUT2D eigenvalue weighted by Crippen LogP contribution is 2.13. The highest BCUT2D eigenvalue weighted by atomic mass is 16.4. The van der Waals surface area contributed by atoms with Gasteiger partial charge in [-0.1, -0.05) is 96.8 Å². The molecule has 0 aromatic carbocycles. The summed E-state index contributed by atoms with van der Waals surface area (Å²) < 4.78 is 0. The molecule has 184 valence electrons. The minimum Gasteiger partial charge on any atom is -0.480 e. The maximum Gasteiger partial charge on any atom is 0.320 e. The molecule has 6 heteroatoms. The molecular weight excluding hydrogens is 392 g/mol. The number of carbonyl (C=O) groups excluding carboxylic acids is 1. The third-order valence-corrected chi connectivity index (χ3v) is 6.03. The van der Waals surface area contributed by atoms with Crippen LogP contribution >= 0.6 is 0 Å². The van der Waals surface area contributed by atoms with Gasteiger partial charge in [0.05, 0.1) is 0 Å². The zero-order valence-electron chi connectivity index (χ0n) is 20.5. The number of hydrogen-bond donors (Lipinski definition) is 3. The van der Waals surface area contributed by atoms with Gasteiger partial charge in [-0.05, 0) is 20.3 Å². The number of aliphatic carboxylic acids is 1. The van der Waals surface area contributed by atoms with Crippen molar-refractivity contribution in [1.82, 2.24) is 10.2 Å². The number of hydrogen-bond acceptors (Lipinski definition) is 4. The number of aliphatic hydroxyl groups excluding tert-OH is 1. The molecule has 2 unspecified atom stereocenters. The van der Waals surface area contributed by atoms with Gasteiger partial charge < -0.3 is 15.5 Å². The average molecular weight is 443 g/mol. The van der Waals surface area contributed by atoms with Crippen LogP contribution in [0.1, 0.15) is 124 Å². The Hall–Kier alpha value is -1.14. The van der Waals surface area contributed by atoms with Crippen LogP contribution in [0.4, 0.5) is 0 Å². The molecule has 31 heavy (non-hydrogen) atoms. The van der Waals surface area contributed by atoms with Crippen molar-refractivity contribution in [3.05, 3.63) is 0 Å². The molecule has 0 aromatic heterocycles. The second kappa shape index (κ2) is 20.7. The molecule has 0 aliphatic heterocycles. The fourth-order valence-corrected chi connectivity index (χ4v) is 3.92. The summed E-state index contributed by atoms with van der Waals surface area (Å²) in [7, 11) is 0. The fraction of sp³-hybridized carbons (Fsp3) is 0.920. The summed E-state index contributed by atoms with van der Waals surface area (Å²) in [6.45, 7) is 6.00. The summed E-state index contributed by atoms with van der Waals surface area (Å²) in [6, 6.07) is -0.785. The van der Waals surface area contributed by atoms with Crippen LogP contribution in [-0.4, -0.2) is 52.3 Å². The standard InChI is InChI=1S/C25H50N2O4/c1-4-5-6-7-8-9-10-11-12-13-14-15-16-17-18-19-24(29)26-20-21-27(23(3)28)22(2)25(30)31/h22-23,28H,4-21H2,1-3H3,(H,26,29)(H,30,31). The van der Waals surface area contributed by atoms with Crippen LogP contribution in [0.2, 0.25) is 0 Å². The first-order valence-electron chi connectivity index (χ1n) is 12.8. The summed E-state index contributed by atoms with van der Waals surface area (Å²) in [5, 5.41) is 21.6. The lowest BCUT2D eigenvalue weighted by atomic mass is 10.0. The average Bonchev–Trinajstić information content (AvgIpc) is 2.73. The Balaban J connectivity index is 3.47. The molecule has 0 aliphatic rings. The van der Waals surface area contributed by atoms with E-state index in [4.69, 9.17) is 5.11 Å². The predicted octanol–water partition coefficient (Wildman–Crippen LogP) is 5.48. The molecule has 0 aromatic rings. The molecule has 0 fully saturated rings. The van der Waals surface area contributed by atoms with Gasteiger partial charge in [0.2, 0.25) is 5.91 Å². The molecule has 0 spiro atoms. The van der Waals surface area contributed by atoms with Crippen molar-refractivity contribution in [2.24, 2.45) is 0 Å². The van der Waals surface area contributed by atoms with E-state index in [-0.39, 0.29) is 5.91 Å². The molecular formula is C25H50N2O4. The zero-order valence-corrected chi connectivity index (χ0v) is 20.5. The predicted molar refractivity (Wildman–Crippen MR) is 128 cm³/mol. The number of rotatable bonds is 22. The minimum atomic E-state index is -0.981. The Morgan fingerprint density at radius 2 is 1.19 bits per heavy atom. The second-order valence-electron chi connectivity index (χ2n) is 8.93. The van der Waals surface area contributed by atoms with Gasteiger partial charge in [0.25, 0.3) is 0 Å². The van der Waals surface area contributed by atoms with Crippen molar-refractivity contribution in [2.45, 2.75) is 136 Å². The smallest absolute Gasteiger partial charge is 0.320 e. The Morgan fingerprint density at radius 1 is 0.774 bits per heavy atom. The lowest BCUT2D eigenvalue weighted by molar-refractivity contribution is -0.146. The van der Waals surface area contributed by atoms with E-state index in [0.29, 0.717) is 19.5 Å². The van der Waals surface area contributed by atoms with Crippen LogP contribution in [0.3, 0.4) is 0 Å². The quantitative estimate of drug-likeness (QED) is 0.153. The Labute approximate surface area is 191 Å². The number of amides is 1. The van der Waals surface area contributed by atoms with Gasteiger partial charge >= 0.3 is 5.97 Å². The highest BCUT2D eigenvalue weighted by Gasteiger charge is 2.23. The van der Waals surface area contributed by atoms with E-state index < -0.39 is 18.2 Å². The van der Waals surface area contributed by atoms with Gasteiger partial charge in [-0.25, -0.2) is 0 Å². The SMILES string of the molecule is CCCCCCCCCCCCCCCCCC(=O)NCCN(C(C)O)C(C)C(=O)O. The van der Waals surface area contributed by atoms with Gasteiger partial charge in [-0.2, -0.15) is 0 Å². The first-order valence-corrected chi connectivity index (χ1v) is 12.8. The van der Waals surface area contributed by atoms with Gasteiger partial charge in [-0.15, -0.1) is 0 Å². The number of nitrogens with zero attached hydrogens (tertiary/aromatic N) is 1. The summed E-state index contributed by atoms with van der Waals surface area (Å²) in [5.74, 6) is -0.978. The summed E-state index contributed by atoms with van der Waals surface area (Å²) in [6.07, 6.45) is 19.2. The number of unbranched alkanes of at least 4 members (excludes halogenated alkanes) is 14. The molecule has 0 rings (SSSR count). The molecule has 0 bridgehead atoms. The third kappa shape index (κ3) is 18.2. The molecule has 0 radical (unpaired) electrons. The van der Waals surface area contributed by atoms with Crippen LogP contribution in [0.25, 0.3) is 0 Å². The van der Waals surface area contributed by atoms with E-state index in [1.165, 1.54) is 102 Å². The van der Waals surface area contributed by atoms with Crippen molar-refractivity contribution in [2.75, 3.05) is 13.1 Å².